The van der Waals surface area contributed by atoms with Crippen LogP contribution in [0.2, 0.25) is 0 Å². The zero-order valence-electron chi connectivity index (χ0n) is 13.5. The number of benzene rings is 1. The highest BCUT2D eigenvalue weighted by Gasteiger charge is 2.21. The van der Waals surface area contributed by atoms with Crippen LogP contribution in [0.1, 0.15) is 19.4 Å². The van der Waals surface area contributed by atoms with E-state index in [0.29, 0.717) is 6.10 Å². The number of rotatable bonds is 7. The van der Waals surface area contributed by atoms with Crippen molar-refractivity contribution in [1.29, 1.82) is 0 Å². The predicted molar refractivity (Wildman–Crippen MR) is 85.8 cm³/mol. The minimum atomic E-state index is 0.330. The molecule has 0 spiro atoms. The molecule has 4 nitrogen and oxygen atoms in total. The summed E-state index contributed by atoms with van der Waals surface area (Å²) in [7, 11) is 1.70. The monoisotopic (exact) mass is 292 g/mol. The highest BCUT2D eigenvalue weighted by Crippen LogP contribution is 2.15. The summed E-state index contributed by atoms with van der Waals surface area (Å²) in [6.45, 7) is 11.5. The van der Waals surface area contributed by atoms with E-state index in [1.165, 1.54) is 5.56 Å². The van der Waals surface area contributed by atoms with E-state index in [9.17, 15) is 0 Å². The van der Waals surface area contributed by atoms with E-state index in [0.717, 1.165) is 51.6 Å². The normalized spacial score (nSPS) is 19.9. The van der Waals surface area contributed by atoms with Crippen LogP contribution in [0, 0.1) is 0 Å². The summed E-state index contributed by atoms with van der Waals surface area (Å²) < 4.78 is 11.1. The van der Waals surface area contributed by atoms with Gasteiger partial charge in [-0.05, 0) is 30.8 Å². The largest absolute Gasteiger partial charge is 0.497 e. The average molecular weight is 292 g/mol. The van der Waals surface area contributed by atoms with Gasteiger partial charge in [0.15, 0.2) is 0 Å². The standard InChI is InChI=1S/C17H28N2O2/c1-4-18(5-2)13-17-14-19(10-11-21-17)12-15-6-8-16(20-3)9-7-15/h6-9,17H,4-5,10-14H2,1-3H3. The zero-order valence-corrected chi connectivity index (χ0v) is 13.5. The Labute approximate surface area is 128 Å². The predicted octanol–water partition coefficient (Wildman–Crippen LogP) is 2.24. The zero-order chi connectivity index (χ0) is 15.1. The lowest BCUT2D eigenvalue weighted by molar-refractivity contribution is -0.0448. The summed E-state index contributed by atoms with van der Waals surface area (Å²) in [6, 6.07) is 8.35. The van der Waals surface area contributed by atoms with Crippen molar-refractivity contribution in [2.45, 2.75) is 26.5 Å². The van der Waals surface area contributed by atoms with Gasteiger partial charge in [0.2, 0.25) is 0 Å². The van der Waals surface area contributed by atoms with Crippen molar-refractivity contribution in [2.24, 2.45) is 0 Å². The maximum atomic E-state index is 5.91. The number of morpholine rings is 1. The SMILES string of the molecule is CCN(CC)CC1CN(Cc2ccc(OC)cc2)CCO1. The van der Waals surface area contributed by atoms with Crippen LogP contribution in [-0.4, -0.2) is 62.3 Å². The van der Waals surface area contributed by atoms with Crippen molar-refractivity contribution >= 4 is 0 Å². The molecular formula is C17H28N2O2. The van der Waals surface area contributed by atoms with Gasteiger partial charge in [0.05, 0.1) is 19.8 Å². The summed E-state index contributed by atoms with van der Waals surface area (Å²) >= 11 is 0. The van der Waals surface area contributed by atoms with Crippen molar-refractivity contribution in [3.05, 3.63) is 29.8 Å². The summed E-state index contributed by atoms with van der Waals surface area (Å²) in [4.78, 5) is 4.92. The first-order valence-corrected chi connectivity index (χ1v) is 7.94. The molecule has 1 unspecified atom stereocenters. The smallest absolute Gasteiger partial charge is 0.118 e. The summed E-state index contributed by atoms with van der Waals surface area (Å²) in [5, 5.41) is 0. The molecule has 0 aliphatic carbocycles. The minimum absolute atomic E-state index is 0.330. The highest BCUT2D eigenvalue weighted by molar-refractivity contribution is 5.27. The van der Waals surface area contributed by atoms with Crippen molar-refractivity contribution < 1.29 is 9.47 Å². The minimum Gasteiger partial charge on any atom is -0.497 e. The molecule has 1 aromatic rings. The molecule has 4 heteroatoms. The van der Waals surface area contributed by atoms with E-state index < -0.39 is 0 Å². The molecule has 1 saturated heterocycles. The van der Waals surface area contributed by atoms with E-state index in [1.54, 1.807) is 7.11 Å². The fourth-order valence-corrected chi connectivity index (χ4v) is 2.79. The van der Waals surface area contributed by atoms with Gasteiger partial charge in [-0.25, -0.2) is 0 Å². The second-order valence-electron chi connectivity index (χ2n) is 5.56. The second-order valence-corrected chi connectivity index (χ2v) is 5.56. The van der Waals surface area contributed by atoms with Gasteiger partial charge in [0.1, 0.15) is 5.75 Å². The molecule has 0 N–H and O–H groups in total. The molecular weight excluding hydrogens is 264 g/mol. The fourth-order valence-electron chi connectivity index (χ4n) is 2.79. The number of nitrogens with zero attached hydrogens (tertiary/aromatic N) is 2. The molecule has 2 rings (SSSR count). The molecule has 1 aliphatic heterocycles. The third kappa shape index (κ3) is 4.99. The van der Waals surface area contributed by atoms with E-state index in [4.69, 9.17) is 9.47 Å². The quantitative estimate of drug-likeness (QED) is 0.769. The summed E-state index contributed by atoms with van der Waals surface area (Å²) in [5.41, 5.74) is 1.33. The molecule has 0 aromatic heterocycles. The van der Waals surface area contributed by atoms with Gasteiger partial charge >= 0.3 is 0 Å². The third-order valence-electron chi connectivity index (χ3n) is 4.14. The molecule has 0 saturated carbocycles. The van der Waals surface area contributed by atoms with Gasteiger partial charge in [0, 0.05) is 26.2 Å². The molecule has 1 aliphatic rings. The van der Waals surface area contributed by atoms with Gasteiger partial charge in [-0.15, -0.1) is 0 Å². The first-order valence-electron chi connectivity index (χ1n) is 7.94. The molecule has 21 heavy (non-hydrogen) atoms. The maximum Gasteiger partial charge on any atom is 0.118 e. The topological polar surface area (TPSA) is 24.9 Å². The summed E-state index contributed by atoms with van der Waals surface area (Å²) in [5.74, 6) is 0.917. The highest BCUT2D eigenvalue weighted by atomic mass is 16.5. The first-order chi connectivity index (χ1) is 10.2. The molecule has 1 atom stereocenters. The Bertz CT molecular complexity index is 404. The van der Waals surface area contributed by atoms with E-state index in [-0.39, 0.29) is 0 Å². The van der Waals surface area contributed by atoms with Crippen LogP contribution in [0.5, 0.6) is 5.75 Å². The van der Waals surface area contributed by atoms with E-state index in [2.05, 4.69) is 35.8 Å². The average Bonchev–Trinajstić information content (AvgIpc) is 2.53. The van der Waals surface area contributed by atoms with Gasteiger partial charge in [-0.1, -0.05) is 26.0 Å². The molecule has 1 heterocycles. The Kier molecular flexibility index (Phi) is 6.49. The number of likely N-dealkylation sites (N-methyl/N-ethyl adjacent to an activating group) is 1. The number of methoxy groups -OCH3 is 1. The molecule has 0 radical (unpaired) electrons. The van der Waals surface area contributed by atoms with Gasteiger partial charge in [0.25, 0.3) is 0 Å². The van der Waals surface area contributed by atoms with Crippen molar-refractivity contribution in [3.8, 4) is 5.75 Å². The molecule has 1 aromatic carbocycles. The van der Waals surface area contributed by atoms with Crippen molar-refractivity contribution in [2.75, 3.05) is 46.4 Å². The summed E-state index contributed by atoms with van der Waals surface area (Å²) in [6.07, 6.45) is 0.330. The lowest BCUT2D eigenvalue weighted by Crippen LogP contribution is -2.47. The third-order valence-corrected chi connectivity index (χ3v) is 4.14. The van der Waals surface area contributed by atoms with Crippen molar-refractivity contribution in [1.82, 2.24) is 9.80 Å². The van der Waals surface area contributed by atoms with Crippen LogP contribution in [-0.2, 0) is 11.3 Å². The number of hydrogen-bond donors (Lipinski definition) is 0. The van der Waals surface area contributed by atoms with E-state index >= 15 is 0 Å². The van der Waals surface area contributed by atoms with Crippen LogP contribution in [0.3, 0.4) is 0 Å². The lowest BCUT2D eigenvalue weighted by Gasteiger charge is -2.35. The first kappa shape index (κ1) is 16.3. The molecule has 0 bridgehead atoms. The van der Waals surface area contributed by atoms with Gasteiger partial charge < -0.3 is 14.4 Å². The molecule has 0 amide bonds. The Hall–Kier alpha value is -1.10. The Morgan fingerprint density at radius 2 is 1.95 bits per heavy atom. The Balaban J connectivity index is 1.85. The van der Waals surface area contributed by atoms with Gasteiger partial charge in [-0.3, -0.25) is 4.90 Å². The number of ether oxygens (including phenoxy) is 2. The van der Waals surface area contributed by atoms with Crippen molar-refractivity contribution in [3.63, 3.8) is 0 Å². The van der Waals surface area contributed by atoms with Crippen LogP contribution in [0.25, 0.3) is 0 Å². The van der Waals surface area contributed by atoms with Gasteiger partial charge in [-0.2, -0.15) is 0 Å². The lowest BCUT2D eigenvalue weighted by atomic mass is 10.1. The second kappa shape index (κ2) is 8.37. The van der Waals surface area contributed by atoms with Crippen LogP contribution in [0.4, 0.5) is 0 Å². The Morgan fingerprint density at radius 3 is 2.57 bits per heavy atom. The van der Waals surface area contributed by atoms with Crippen LogP contribution in [0.15, 0.2) is 24.3 Å². The number of hydrogen-bond acceptors (Lipinski definition) is 4. The molecule has 118 valence electrons. The fraction of sp³-hybridized carbons (Fsp3) is 0.647. The maximum absolute atomic E-state index is 5.91. The molecule has 1 fully saturated rings. The van der Waals surface area contributed by atoms with Crippen LogP contribution < -0.4 is 4.74 Å². The van der Waals surface area contributed by atoms with Crippen LogP contribution >= 0.6 is 0 Å². The Morgan fingerprint density at radius 1 is 1.24 bits per heavy atom. The van der Waals surface area contributed by atoms with E-state index in [1.807, 2.05) is 12.1 Å².